The van der Waals surface area contributed by atoms with Crippen LogP contribution in [0.1, 0.15) is 36.5 Å². The van der Waals surface area contributed by atoms with Gasteiger partial charge < -0.3 is 10.2 Å². The molecule has 46 heavy (non-hydrogen) atoms. The zero-order chi connectivity index (χ0) is 33.1. The first-order valence-electron chi connectivity index (χ1n) is 15.2. The Bertz CT molecular complexity index is 1680. The van der Waals surface area contributed by atoms with E-state index in [2.05, 4.69) is 21.2 Å². The van der Waals surface area contributed by atoms with E-state index in [1.54, 1.807) is 36.4 Å². The van der Waals surface area contributed by atoms with Crippen LogP contribution in [0.3, 0.4) is 0 Å². The number of thioether (sulfide) groups is 1. The van der Waals surface area contributed by atoms with Crippen molar-refractivity contribution in [3.8, 4) is 0 Å². The topological polar surface area (TPSA) is 86.8 Å². The van der Waals surface area contributed by atoms with Gasteiger partial charge in [0, 0.05) is 28.9 Å². The van der Waals surface area contributed by atoms with E-state index in [1.165, 1.54) is 16.7 Å². The molecule has 1 unspecified atom stereocenters. The number of benzene rings is 4. The van der Waals surface area contributed by atoms with Gasteiger partial charge in [0.05, 0.1) is 10.6 Å². The van der Waals surface area contributed by atoms with Crippen LogP contribution in [-0.2, 0) is 32.6 Å². The largest absolute Gasteiger partial charge is 0.354 e. The maximum atomic E-state index is 14.5. The van der Waals surface area contributed by atoms with E-state index in [1.807, 2.05) is 86.8 Å². The standard InChI is InChI=1S/C36H40BrN3O4S2/c1-4-5-23-38-36(42)34(24-28-9-7-6-8-10-28)39(25-29-13-15-30(37)16-14-29)35(41)26-40(31-17-11-27(2)12-18-31)46(43,44)33-21-19-32(45-3)20-22-33/h6-22,34H,4-5,23-26H2,1-3H3,(H,38,42). The number of halogens is 1. The van der Waals surface area contributed by atoms with Gasteiger partial charge in [0.2, 0.25) is 11.8 Å². The molecular formula is C36H40BrN3O4S2. The van der Waals surface area contributed by atoms with Gasteiger partial charge in [-0.05, 0) is 79.3 Å². The summed E-state index contributed by atoms with van der Waals surface area (Å²) < 4.78 is 30.4. The summed E-state index contributed by atoms with van der Waals surface area (Å²) in [7, 11) is -4.15. The Morgan fingerprint density at radius 2 is 1.52 bits per heavy atom. The molecule has 7 nitrogen and oxygen atoms in total. The van der Waals surface area contributed by atoms with Crippen LogP contribution < -0.4 is 9.62 Å². The van der Waals surface area contributed by atoms with Gasteiger partial charge in [-0.2, -0.15) is 0 Å². The minimum Gasteiger partial charge on any atom is -0.354 e. The molecule has 0 aliphatic rings. The predicted molar refractivity (Wildman–Crippen MR) is 190 cm³/mol. The number of carbonyl (C=O) groups excluding carboxylic acids is 2. The second kappa shape index (κ2) is 16.8. The lowest BCUT2D eigenvalue weighted by atomic mass is 10.0. The Balaban J connectivity index is 1.78. The molecule has 0 radical (unpaired) electrons. The van der Waals surface area contributed by atoms with Gasteiger partial charge in [-0.15, -0.1) is 11.8 Å². The molecule has 1 N–H and O–H groups in total. The van der Waals surface area contributed by atoms with E-state index in [0.717, 1.165) is 43.2 Å². The van der Waals surface area contributed by atoms with Crippen molar-refractivity contribution >= 4 is 55.2 Å². The summed E-state index contributed by atoms with van der Waals surface area (Å²) in [6.07, 6.45) is 3.91. The number of nitrogens with zero attached hydrogens (tertiary/aromatic N) is 2. The van der Waals surface area contributed by atoms with Crippen molar-refractivity contribution < 1.29 is 18.0 Å². The van der Waals surface area contributed by atoms with Crippen LogP contribution in [0.4, 0.5) is 5.69 Å². The van der Waals surface area contributed by atoms with Crippen molar-refractivity contribution in [1.29, 1.82) is 0 Å². The number of sulfonamides is 1. The fourth-order valence-electron chi connectivity index (χ4n) is 4.96. The maximum absolute atomic E-state index is 14.5. The molecule has 2 amide bonds. The Morgan fingerprint density at radius 3 is 2.13 bits per heavy atom. The number of unbranched alkanes of at least 4 members (excludes halogenated alkanes) is 1. The van der Waals surface area contributed by atoms with Crippen molar-refractivity contribution in [2.45, 2.75) is 55.5 Å². The van der Waals surface area contributed by atoms with Gasteiger partial charge >= 0.3 is 0 Å². The summed E-state index contributed by atoms with van der Waals surface area (Å²) in [5, 5.41) is 3.02. The first-order chi connectivity index (χ1) is 22.1. The first-order valence-corrected chi connectivity index (χ1v) is 18.7. The summed E-state index contributed by atoms with van der Waals surface area (Å²) in [5.41, 5.74) is 3.03. The van der Waals surface area contributed by atoms with E-state index in [0.29, 0.717) is 12.2 Å². The second-order valence-electron chi connectivity index (χ2n) is 11.0. The van der Waals surface area contributed by atoms with Crippen LogP contribution in [-0.4, -0.2) is 50.5 Å². The lowest BCUT2D eigenvalue weighted by Gasteiger charge is -2.34. The molecule has 4 aromatic carbocycles. The van der Waals surface area contributed by atoms with Crippen molar-refractivity contribution in [3.63, 3.8) is 0 Å². The molecule has 0 spiro atoms. The third kappa shape index (κ3) is 9.47. The average molecular weight is 723 g/mol. The fraction of sp³-hybridized carbons (Fsp3) is 0.278. The molecule has 1 atom stereocenters. The molecule has 4 rings (SSSR count). The Labute approximate surface area is 285 Å². The molecule has 0 saturated carbocycles. The monoisotopic (exact) mass is 721 g/mol. The van der Waals surface area contributed by atoms with E-state index in [-0.39, 0.29) is 23.8 Å². The lowest BCUT2D eigenvalue weighted by Crippen LogP contribution is -2.53. The number of amides is 2. The quantitative estimate of drug-likeness (QED) is 0.103. The van der Waals surface area contributed by atoms with Crippen LogP contribution in [0.2, 0.25) is 0 Å². The molecule has 0 bridgehead atoms. The van der Waals surface area contributed by atoms with E-state index >= 15 is 0 Å². The van der Waals surface area contributed by atoms with Crippen LogP contribution in [0.5, 0.6) is 0 Å². The average Bonchev–Trinajstić information content (AvgIpc) is 3.07. The molecule has 0 aliphatic heterocycles. The predicted octanol–water partition coefficient (Wildman–Crippen LogP) is 7.23. The number of aryl methyl sites for hydroxylation is 1. The van der Waals surface area contributed by atoms with Crippen LogP contribution in [0.15, 0.2) is 117 Å². The van der Waals surface area contributed by atoms with Gasteiger partial charge in [-0.25, -0.2) is 8.42 Å². The molecular weight excluding hydrogens is 682 g/mol. The van der Waals surface area contributed by atoms with Gasteiger partial charge in [0.15, 0.2) is 0 Å². The van der Waals surface area contributed by atoms with E-state index in [9.17, 15) is 18.0 Å². The Hall–Kier alpha value is -3.60. The third-order valence-corrected chi connectivity index (χ3v) is 10.7. The Morgan fingerprint density at radius 1 is 0.870 bits per heavy atom. The van der Waals surface area contributed by atoms with Gasteiger partial charge in [0.1, 0.15) is 12.6 Å². The number of anilines is 1. The highest BCUT2D eigenvalue weighted by molar-refractivity contribution is 9.10. The van der Waals surface area contributed by atoms with Crippen LogP contribution >= 0.6 is 27.7 Å². The summed E-state index contributed by atoms with van der Waals surface area (Å²) >= 11 is 4.98. The molecule has 4 aromatic rings. The molecule has 0 fully saturated rings. The summed E-state index contributed by atoms with van der Waals surface area (Å²) in [6.45, 7) is 4.08. The minimum absolute atomic E-state index is 0.0799. The summed E-state index contributed by atoms with van der Waals surface area (Å²) in [6, 6.07) is 29.9. The highest BCUT2D eigenvalue weighted by Crippen LogP contribution is 2.27. The van der Waals surface area contributed by atoms with Gasteiger partial charge in [-0.1, -0.05) is 89.4 Å². The lowest BCUT2D eigenvalue weighted by molar-refractivity contribution is -0.140. The zero-order valence-corrected chi connectivity index (χ0v) is 29.6. The van der Waals surface area contributed by atoms with Gasteiger partial charge in [0.25, 0.3) is 10.0 Å². The normalized spacial score (nSPS) is 11.9. The number of hydrogen-bond acceptors (Lipinski definition) is 5. The third-order valence-electron chi connectivity index (χ3n) is 7.62. The molecule has 0 aliphatic carbocycles. The van der Waals surface area contributed by atoms with E-state index < -0.39 is 28.5 Å². The highest BCUT2D eigenvalue weighted by atomic mass is 79.9. The summed E-state index contributed by atoms with van der Waals surface area (Å²) in [4.78, 5) is 30.9. The van der Waals surface area contributed by atoms with Crippen molar-refractivity contribution in [1.82, 2.24) is 10.2 Å². The second-order valence-corrected chi connectivity index (χ2v) is 14.7. The number of hydrogen-bond donors (Lipinski definition) is 1. The van der Waals surface area contributed by atoms with Gasteiger partial charge in [-0.3, -0.25) is 13.9 Å². The SMILES string of the molecule is CCCCNC(=O)C(Cc1ccccc1)N(Cc1ccc(Br)cc1)C(=O)CN(c1ccc(C)cc1)S(=O)(=O)c1ccc(SC)cc1. The number of nitrogens with one attached hydrogen (secondary N) is 1. The zero-order valence-electron chi connectivity index (χ0n) is 26.4. The number of rotatable bonds is 15. The maximum Gasteiger partial charge on any atom is 0.264 e. The highest BCUT2D eigenvalue weighted by Gasteiger charge is 2.34. The summed E-state index contributed by atoms with van der Waals surface area (Å²) in [5.74, 6) is -0.764. The Kier molecular flexibility index (Phi) is 12.9. The molecule has 0 heterocycles. The minimum atomic E-state index is -4.15. The van der Waals surface area contributed by atoms with Crippen molar-refractivity contribution in [3.05, 3.63) is 124 Å². The first kappa shape index (κ1) is 35.3. The van der Waals surface area contributed by atoms with Crippen LogP contribution in [0, 0.1) is 6.92 Å². The van der Waals surface area contributed by atoms with Crippen molar-refractivity contribution in [2.75, 3.05) is 23.7 Å². The molecule has 0 saturated heterocycles. The van der Waals surface area contributed by atoms with Crippen molar-refractivity contribution in [2.24, 2.45) is 0 Å². The number of carbonyl (C=O) groups is 2. The molecule has 242 valence electrons. The van der Waals surface area contributed by atoms with Crippen LogP contribution in [0.25, 0.3) is 0 Å². The smallest absolute Gasteiger partial charge is 0.264 e. The van der Waals surface area contributed by atoms with E-state index in [4.69, 9.17) is 0 Å². The fourth-order valence-corrected chi connectivity index (χ4v) is 7.05. The molecule has 10 heteroatoms. The molecule has 0 aromatic heterocycles.